The van der Waals surface area contributed by atoms with Crippen LogP contribution in [0.2, 0.25) is 0 Å². The summed E-state index contributed by atoms with van der Waals surface area (Å²) >= 11 is 0. The summed E-state index contributed by atoms with van der Waals surface area (Å²) in [5.74, 6) is -1.47. The molecule has 0 aliphatic carbocycles. The normalized spacial score (nSPS) is 17.6. The van der Waals surface area contributed by atoms with Crippen LogP contribution >= 0.6 is 0 Å². The predicted octanol–water partition coefficient (Wildman–Crippen LogP) is 1.90. The molecule has 1 aliphatic heterocycles. The number of esters is 1. The van der Waals surface area contributed by atoms with Gasteiger partial charge >= 0.3 is 5.97 Å². The van der Waals surface area contributed by atoms with E-state index >= 15 is 0 Å². The van der Waals surface area contributed by atoms with E-state index in [0.717, 1.165) is 0 Å². The summed E-state index contributed by atoms with van der Waals surface area (Å²) in [4.78, 5) is 38.8. The number of rotatable bonds is 5. The molecule has 0 aromatic heterocycles. The molecule has 2 amide bonds. The van der Waals surface area contributed by atoms with Crippen LogP contribution in [-0.4, -0.2) is 42.9 Å². The van der Waals surface area contributed by atoms with Gasteiger partial charge in [-0.05, 0) is 44.2 Å². The summed E-state index contributed by atoms with van der Waals surface area (Å²) in [6, 6.07) is 11.1. The van der Waals surface area contributed by atoms with Crippen molar-refractivity contribution in [3.05, 3.63) is 53.6 Å². The number of nitrogen functional groups attached to an aromatic ring is 1. The van der Waals surface area contributed by atoms with Gasteiger partial charge in [-0.1, -0.05) is 12.1 Å². The molecule has 0 bridgehead atoms. The van der Waals surface area contributed by atoms with Gasteiger partial charge in [0.1, 0.15) is 11.6 Å². The molecule has 1 unspecified atom stereocenters. The SMILES string of the molecule is CCOC(=O)C1(C)Oc2ccc(NC(=O)c3ccc(C(=N)N)cc3)cc2N(C)C1=O. The van der Waals surface area contributed by atoms with Gasteiger partial charge in [-0.25, -0.2) is 4.79 Å². The summed E-state index contributed by atoms with van der Waals surface area (Å²) in [6.07, 6.45) is 0. The number of amides is 2. The zero-order valence-corrected chi connectivity index (χ0v) is 16.8. The molecule has 30 heavy (non-hydrogen) atoms. The van der Waals surface area contributed by atoms with Gasteiger partial charge < -0.3 is 25.4 Å². The molecule has 1 atom stereocenters. The lowest BCUT2D eigenvalue weighted by Gasteiger charge is -2.37. The summed E-state index contributed by atoms with van der Waals surface area (Å²) in [5.41, 5.74) is 5.39. The van der Waals surface area contributed by atoms with Crippen molar-refractivity contribution in [2.75, 3.05) is 23.9 Å². The van der Waals surface area contributed by atoms with Crippen LogP contribution in [0, 0.1) is 5.41 Å². The second-order valence-electron chi connectivity index (χ2n) is 6.85. The third kappa shape index (κ3) is 3.69. The van der Waals surface area contributed by atoms with Crippen molar-refractivity contribution in [2.45, 2.75) is 19.4 Å². The van der Waals surface area contributed by atoms with Crippen molar-refractivity contribution in [3.8, 4) is 5.75 Å². The highest BCUT2D eigenvalue weighted by molar-refractivity contribution is 6.15. The van der Waals surface area contributed by atoms with E-state index in [1.54, 1.807) is 49.4 Å². The first-order chi connectivity index (χ1) is 14.2. The average Bonchev–Trinajstić information content (AvgIpc) is 2.73. The fourth-order valence-electron chi connectivity index (χ4n) is 3.04. The van der Waals surface area contributed by atoms with Crippen LogP contribution in [0.5, 0.6) is 5.75 Å². The van der Waals surface area contributed by atoms with E-state index < -0.39 is 17.5 Å². The third-order valence-electron chi connectivity index (χ3n) is 4.73. The number of likely N-dealkylation sites (N-methyl/N-ethyl adjacent to an activating group) is 1. The van der Waals surface area contributed by atoms with Gasteiger partial charge in [0, 0.05) is 23.9 Å². The van der Waals surface area contributed by atoms with Gasteiger partial charge in [-0.3, -0.25) is 15.0 Å². The first kappa shape index (κ1) is 20.8. The van der Waals surface area contributed by atoms with Crippen LogP contribution < -0.4 is 20.7 Å². The maximum Gasteiger partial charge on any atom is 0.360 e. The number of nitrogens with one attached hydrogen (secondary N) is 2. The fraction of sp³-hybridized carbons (Fsp3) is 0.238. The molecular formula is C21H22N4O5. The number of ether oxygens (including phenoxy) is 2. The Hall–Kier alpha value is -3.88. The van der Waals surface area contributed by atoms with Crippen molar-refractivity contribution in [3.63, 3.8) is 0 Å². The maximum atomic E-state index is 12.8. The van der Waals surface area contributed by atoms with Crippen LogP contribution in [0.25, 0.3) is 0 Å². The van der Waals surface area contributed by atoms with E-state index in [4.69, 9.17) is 20.6 Å². The maximum absolute atomic E-state index is 12.8. The predicted molar refractivity (Wildman–Crippen MR) is 111 cm³/mol. The van der Waals surface area contributed by atoms with Crippen molar-refractivity contribution in [1.29, 1.82) is 5.41 Å². The Morgan fingerprint density at radius 2 is 1.83 bits per heavy atom. The Bertz CT molecular complexity index is 1030. The number of amidine groups is 1. The monoisotopic (exact) mass is 410 g/mol. The van der Waals surface area contributed by atoms with Gasteiger partial charge in [0.2, 0.25) is 0 Å². The molecule has 0 saturated heterocycles. The number of anilines is 2. The van der Waals surface area contributed by atoms with Crippen LogP contribution in [0.3, 0.4) is 0 Å². The average molecular weight is 410 g/mol. The number of nitrogens with zero attached hydrogens (tertiary/aromatic N) is 1. The molecular weight excluding hydrogens is 388 g/mol. The largest absolute Gasteiger partial charge is 0.464 e. The molecule has 3 rings (SSSR count). The quantitative estimate of drug-likeness (QED) is 0.298. The van der Waals surface area contributed by atoms with E-state index in [0.29, 0.717) is 28.3 Å². The summed E-state index contributed by atoms with van der Waals surface area (Å²) in [5, 5.41) is 10.1. The molecule has 2 aromatic rings. The molecule has 9 heteroatoms. The van der Waals surface area contributed by atoms with E-state index in [2.05, 4.69) is 5.32 Å². The molecule has 0 fully saturated rings. The second-order valence-corrected chi connectivity index (χ2v) is 6.85. The summed E-state index contributed by atoms with van der Waals surface area (Å²) in [6.45, 7) is 3.14. The van der Waals surface area contributed by atoms with Gasteiger partial charge in [0.15, 0.2) is 0 Å². The van der Waals surface area contributed by atoms with E-state index in [-0.39, 0.29) is 18.3 Å². The van der Waals surface area contributed by atoms with Gasteiger partial charge in [-0.15, -0.1) is 0 Å². The van der Waals surface area contributed by atoms with Gasteiger partial charge in [0.25, 0.3) is 17.4 Å². The smallest absolute Gasteiger partial charge is 0.360 e. The van der Waals surface area contributed by atoms with Crippen LogP contribution in [0.15, 0.2) is 42.5 Å². The van der Waals surface area contributed by atoms with E-state index in [1.165, 1.54) is 18.9 Å². The Morgan fingerprint density at radius 1 is 1.20 bits per heavy atom. The van der Waals surface area contributed by atoms with Crippen molar-refractivity contribution in [1.82, 2.24) is 0 Å². The van der Waals surface area contributed by atoms with Crippen LogP contribution in [-0.2, 0) is 14.3 Å². The standard InChI is InChI=1S/C21H22N4O5/c1-4-29-20(28)21(2)19(27)25(3)15-11-14(9-10-16(15)30-21)24-18(26)13-7-5-12(6-8-13)17(22)23/h5-11H,4H2,1-3H3,(H3,22,23)(H,24,26). The number of carbonyl (C=O) groups excluding carboxylic acids is 3. The van der Waals surface area contributed by atoms with Crippen molar-refractivity contribution >= 4 is 35.0 Å². The lowest BCUT2D eigenvalue weighted by molar-refractivity contribution is -0.166. The molecule has 4 N–H and O–H groups in total. The number of benzene rings is 2. The number of nitrogens with two attached hydrogens (primary N) is 1. The molecule has 9 nitrogen and oxygen atoms in total. The molecule has 1 aliphatic rings. The van der Waals surface area contributed by atoms with Crippen molar-refractivity contribution in [2.24, 2.45) is 5.73 Å². The van der Waals surface area contributed by atoms with E-state index in [1.807, 2.05) is 0 Å². The number of hydrogen-bond acceptors (Lipinski definition) is 6. The number of fused-ring (bicyclic) bond motifs is 1. The highest BCUT2D eigenvalue weighted by atomic mass is 16.6. The van der Waals surface area contributed by atoms with Gasteiger partial charge in [0.05, 0.1) is 12.3 Å². The fourth-order valence-corrected chi connectivity index (χ4v) is 3.04. The summed E-state index contributed by atoms with van der Waals surface area (Å²) in [7, 11) is 1.52. The Morgan fingerprint density at radius 3 is 2.43 bits per heavy atom. The Labute approximate surface area is 173 Å². The molecule has 2 aromatic carbocycles. The molecule has 0 spiro atoms. The second kappa shape index (κ2) is 7.86. The highest BCUT2D eigenvalue weighted by Gasteiger charge is 2.51. The van der Waals surface area contributed by atoms with E-state index in [9.17, 15) is 14.4 Å². The Balaban J connectivity index is 1.83. The highest BCUT2D eigenvalue weighted by Crippen LogP contribution is 2.39. The lowest BCUT2D eigenvalue weighted by Crippen LogP contribution is -2.58. The number of hydrogen-bond donors (Lipinski definition) is 3. The van der Waals surface area contributed by atoms with Gasteiger partial charge in [-0.2, -0.15) is 0 Å². The van der Waals surface area contributed by atoms with Crippen LogP contribution in [0.1, 0.15) is 29.8 Å². The van der Waals surface area contributed by atoms with Crippen LogP contribution in [0.4, 0.5) is 11.4 Å². The zero-order valence-electron chi connectivity index (χ0n) is 16.8. The summed E-state index contributed by atoms with van der Waals surface area (Å²) < 4.78 is 10.7. The molecule has 0 radical (unpaired) electrons. The molecule has 1 heterocycles. The first-order valence-electron chi connectivity index (χ1n) is 9.21. The third-order valence-corrected chi connectivity index (χ3v) is 4.73. The number of carbonyl (C=O) groups is 3. The minimum atomic E-state index is -1.78. The zero-order chi connectivity index (χ0) is 22.1. The lowest BCUT2D eigenvalue weighted by atomic mass is 10.0. The molecule has 156 valence electrons. The minimum absolute atomic E-state index is 0.0841. The Kier molecular flexibility index (Phi) is 5.46. The minimum Gasteiger partial charge on any atom is -0.464 e. The topological polar surface area (TPSA) is 135 Å². The first-order valence-corrected chi connectivity index (χ1v) is 9.21. The molecule has 0 saturated carbocycles. The van der Waals surface area contributed by atoms with Crippen molar-refractivity contribution < 1.29 is 23.9 Å².